The number of halogens is 2. The van der Waals surface area contributed by atoms with Crippen LogP contribution >= 0.6 is 27.5 Å². The summed E-state index contributed by atoms with van der Waals surface area (Å²) in [6.45, 7) is 4.60. The second kappa shape index (κ2) is 13.7. The Kier molecular flexibility index (Phi) is 9.54. The van der Waals surface area contributed by atoms with Crippen LogP contribution in [0.1, 0.15) is 38.8 Å². The van der Waals surface area contributed by atoms with Crippen molar-refractivity contribution in [3.05, 3.63) is 128 Å². The van der Waals surface area contributed by atoms with E-state index in [0.29, 0.717) is 38.1 Å². The molecule has 0 bridgehead atoms. The van der Waals surface area contributed by atoms with Gasteiger partial charge in [0.25, 0.3) is 0 Å². The van der Waals surface area contributed by atoms with Gasteiger partial charge in [-0.15, -0.1) is 0 Å². The van der Waals surface area contributed by atoms with Crippen molar-refractivity contribution in [3.8, 4) is 22.9 Å². The van der Waals surface area contributed by atoms with E-state index in [4.69, 9.17) is 30.2 Å². The van der Waals surface area contributed by atoms with Gasteiger partial charge in [0.15, 0.2) is 17.3 Å². The highest BCUT2D eigenvalue weighted by atomic mass is 79.9. The van der Waals surface area contributed by atoms with E-state index in [1.54, 1.807) is 31.4 Å². The Balaban J connectivity index is 1.15. The van der Waals surface area contributed by atoms with Crippen molar-refractivity contribution >= 4 is 39.7 Å². The quantitative estimate of drug-likeness (QED) is 0.114. The molecule has 0 saturated heterocycles. The van der Waals surface area contributed by atoms with Gasteiger partial charge in [-0.25, -0.2) is 5.43 Å². The molecule has 0 aliphatic heterocycles. The summed E-state index contributed by atoms with van der Waals surface area (Å²) in [5, 5.41) is 4.70. The molecule has 0 radical (unpaired) electrons. The van der Waals surface area contributed by atoms with E-state index in [1.807, 2.05) is 48.5 Å². The minimum Gasteiger partial charge on any atom is -0.493 e. The maximum atomic E-state index is 12.6. The van der Waals surface area contributed by atoms with Gasteiger partial charge in [-0.1, -0.05) is 29.8 Å². The molecule has 220 valence electrons. The fourth-order valence-electron chi connectivity index (χ4n) is 4.41. The molecule has 1 N–H and O–H groups in total. The summed E-state index contributed by atoms with van der Waals surface area (Å²) in [6, 6.07) is 26.3. The monoisotopic (exact) mass is 661 g/mol. The molecular formula is C33H29BrClN3O5. The van der Waals surface area contributed by atoms with Crippen LogP contribution in [0.5, 0.6) is 17.2 Å². The lowest BCUT2D eigenvalue weighted by molar-refractivity contribution is 0.0923. The normalized spacial score (nSPS) is 11.1. The number of benzene rings is 3. The lowest BCUT2D eigenvalue weighted by Crippen LogP contribution is -2.16. The van der Waals surface area contributed by atoms with Crippen molar-refractivity contribution in [2.45, 2.75) is 27.1 Å². The van der Waals surface area contributed by atoms with E-state index in [2.05, 4.69) is 57.0 Å². The fourth-order valence-corrected chi connectivity index (χ4v) is 5.02. The zero-order valence-electron chi connectivity index (χ0n) is 23.8. The van der Waals surface area contributed by atoms with Gasteiger partial charge in [-0.2, -0.15) is 5.10 Å². The second-order valence-corrected chi connectivity index (χ2v) is 10.9. The predicted molar refractivity (Wildman–Crippen MR) is 170 cm³/mol. The van der Waals surface area contributed by atoms with E-state index in [1.165, 1.54) is 6.21 Å². The van der Waals surface area contributed by atoms with E-state index < -0.39 is 5.91 Å². The summed E-state index contributed by atoms with van der Waals surface area (Å²) < 4.78 is 25.8. The minimum atomic E-state index is -0.493. The van der Waals surface area contributed by atoms with Crippen molar-refractivity contribution in [3.63, 3.8) is 0 Å². The number of hydrogen-bond acceptors (Lipinski definition) is 6. The number of rotatable bonds is 11. The molecule has 0 spiro atoms. The van der Waals surface area contributed by atoms with E-state index in [0.717, 1.165) is 22.6 Å². The van der Waals surface area contributed by atoms with Crippen molar-refractivity contribution in [2.24, 2.45) is 5.10 Å². The first-order chi connectivity index (χ1) is 20.8. The molecule has 5 rings (SSSR count). The van der Waals surface area contributed by atoms with Crippen LogP contribution in [0.2, 0.25) is 5.02 Å². The summed E-state index contributed by atoms with van der Waals surface area (Å²) in [7, 11) is 1.55. The number of amides is 1. The summed E-state index contributed by atoms with van der Waals surface area (Å²) >= 11 is 9.76. The lowest BCUT2D eigenvalue weighted by atomic mass is 10.2. The number of nitrogens with zero attached hydrogens (tertiary/aromatic N) is 2. The topological polar surface area (TPSA) is 87.2 Å². The molecule has 5 aromatic rings. The summed E-state index contributed by atoms with van der Waals surface area (Å²) in [5.74, 6) is 1.86. The predicted octanol–water partition coefficient (Wildman–Crippen LogP) is 8.03. The molecule has 1 amide bonds. The largest absolute Gasteiger partial charge is 0.493 e. The van der Waals surface area contributed by atoms with Gasteiger partial charge < -0.3 is 23.2 Å². The smallest absolute Gasteiger partial charge is 0.307 e. The molecule has 10 heteroatoms. The number of nitrogens with one attached hydrogen (secondary N) is 1. The van der Waals surface area contributed by atoms with E-state index in [9.17, 15) is 4.79 Å². The molecule has 8 nitrogen and oxygen atoms in total. The van der Waals surface area contributed by atoms with Gasteiger partial charge in [0.05, 0.1) is 13.3 Å². The molecule has 43 heavy (non-hydrogen) atoms. The average molecular weight is 663 g/mol. The van der Waals surface area contributed by atoms with Crippen molar-refractivity contribution in [2.75, 3.05) is 7.11 Å². The number of carbonyl (C=O) groups excluding carboxylic acids is 1. The maximum absolute atomic E-state index is 12.6. The minimum absolute atomic E-state index is 0.115. The van der Waals surface area contributed by atoms with Crippen LogP contribution < -0.4 is 19.6 Å². The zero-order chi connectivity index (χ0) is 30.3. The highest BCUT2D eigenvalue weighted by Gasteiger charge is 2.13. The van der Waals surface area contributed by atoms with E-state index in [-0.39, 0.29) is 19.0 Å². The maximum Gasteiger partial charge on any atom is 0.307 e. The Morgan fingerprint density at radius 1 is 0.953 bits per heavy atom. The fraction of sp³-hybridized carbons (Fsp3) is 0.152. The Morgan fingerprint density at radius 2 is 1.70 bits per heavy atom. The summed E-state index contributed by atoms with van der Waals surface area (Å²) in [6.07, 6.45) is 1.50. The lowest BCUT2D eigenvalue weighted by Gasteiger charge is -2.13. The Hall–Kier alpha value is -4.47. The highest BCUT2D eigenvalue weighted by Crippen LogP contribution is 2.34. The van der Waals surface area contributed by atoms with Gasteiger partial charge in [0, 0.05) is 37.7 Å². The first-order valence-corrected chi connectivity index (χ1v) is 14.5. The number of ether oxygens (including phenoxy) is 3. The first kappa shape index (κ1) is 30.0. The van der Waals surface area contributed by atoms with Gasteiger partial charge in [-0.3, -0.25) is 4.79 Å². The Morgan fingerprint density at radius 3 is 2.42 bits per heavy atom. The molecule has 2 heterocycles. The third kappa shape index (κ3) is 7.31. The third-order valence-corrected chi connectivity index (χ3v) is 7.68. The molecular weight excluding hydrogens is 634 g/mol. The van der Waals surface area contributed by atoms with Crippen LogP contribution in [-0.4, -0.2) is 23.8 Å². The van der Waals surface area contributed by atoms with Gasteiger partial charge in [-0.05, 0) is 96.5 Å². The zero-order valence-corrected chi connectivity index (χ0v) is 26.1. The standard InChI is InChI=1S/C33H29BrClN3O5/c1-21-8-9-22(2)38(21)25-10-12-26(13-11-25)41-20-27-14-15-30(43-27)33(39)37-36-18-24-16-31(40-3)32(17-28(24)34)42-19-23-6-4-5-7-29(23)35/h4-18H,19-20H2,1-3H3,(H,37,39)/b36-18+. The summed E-state index contributed by atoms with van der Waals surface area (Å²) in [5.41, 5.74) is 7.40. The van der Waals surface area contributed by atoms with Crippen LogP contribution in [0, 0.1) is 13.8 Å². The Labute approximate surface area is 263 Å². The highest BCUT2D eigenvalue weighted by molar-refractivity contribution is 9.10. The molecule has 0 aliphatic rings. The first-order valence-electron chi connectivity index (χ1n) is 13.4. The number of aryl methyl sites for hydroxylation is 2. The molecule has 0 aliphatic carbocycles. The van der Waals surface area contributed by atoms with Crippen molar-refractivity contribution in [1.29, 1.82) is 0 Å². The number of hydrazone groups is 1. The summed E-state index contributed by atoms with van der Waals surface area (Å²) in [4.78, 5) is 12.6. The number of aromatic nitrogens is 1. The number of carbonyl (C=O) groups is 1. The number of hydrogen-bond donors (Lipinski definition) is 1. The van der Waals surface area contributed by atoms with Gasteiger partial charge >= 0.3 is 5.91 Å². The van der Waals surface area contributed by atoms with Crippen LogP contribution in [-0.2, 0) is 13.2 Å². The molecule has 3 aromatic carbocycles. The average Bonchev–Trinajstić information content (AvgIpc) is 3.62. The molecule has 0 saturated carbocycles. The molecule has 0 atom stereocenters. The van der Waals surface area contributed by atoms with Crippen molar-refractivity contribution in [1.82, 2.24) is 9.99 Å². The van der Waals surface area contributed by atoms with E-state index >= 15 is 0 Å². The Bertz CT molecular complexity index is 1740. The van der Waals surface area contributed by atoms with Crippen LogP contribution in [0.25, 0.3) is 5.69 Å². The molecule has 0 unspecified atom stereocenters. The van der Waals surface area contributed by atoms with Crippen molar-refractivity contribution < 1.29 is 23.4 Å². The molecule has 0 fully saturated rings. The number of furan rings is 1. The second-order valence-electron chi connectivity index (χ2n) is 9.60. The molecule has 2 aromatic heterocycles. The van der Waals surface area contributed by atoms with Crippen LogP contribution in [0.15, 0.2) is 98.9 Å². The van der Waals surface area contributed by atoms with Crippen LogP contribution in [0.3, 0.4) is 0 Å². The van der Waals surface area contributed by atoms with Gasteiger partial charge in [0.2, 0.25) is 0 Å². The SMILES string of the molecule is COc1cc(/C=N/NC(=O)c2ccc(COc3ccc(-n4c(C)ccc4C)cc3)o2)c(Br)cc1OCc1ccccc1Cl. The number of methoxy groups -OCH3 is 1. The van der Waals surface area contributed by atoms with Gasteiger partial charge in [0.1, 0.15) is 24.7 Å². The van der Waals surface area contributed by atoms with Crippen LogP contribution in [0.4, 0.5) is 0 Å². The third-order valence-electron chi connectivity index (χ3n) is 6.63.